The number of carbonyl (C=O) groups excluding carboxylic acids is 2. The standard InChI is InChI=1S/C18H18ClNO5/c1-3-24-17-14(19)9-12(10-15(17)23-2)18(22)25-11-16(21)20-13-7-5-4-6-8-13/h4-10H,3,11H2,1-2H3,(H,20,21). The molecule has 2 rings (SSSR count). The van der Waals surface area contributed by atoms with E-state index in [4.69, 9.17) is 25.8 Å². The lowest BCUT2D eigenvalue weighted by Crippen LogP contribution is -2.21. The van der Waals surface area contributed by atoms with Gasteiger partial charge in [-0.05, 0) is 31.2 Å². The highest BCUT2D eigenvalue weighted by Gasteiger charge is 2.17. The molecule has 2 aromatic rings. The van der Waals surface area contributed by atoms with Crippen molar-refractivity contribution in [2.45, 2.75) is 6.92 Å². The van der Waals surface area contributed by atoms with Crippen LogP contribution in [0.4, 0.5) is 5.69 Å². The molecule has 7 heteroatoms. The van der Waals surface area contributed by atoms with Crippen molar-refractivity contribution < 1.29 is 23.8 Å². The minimum Gasteiger partial charge on any atom is -0.493 e. The van der Waals surface area contributed by atoms with Crippen molar-refractivity contribution in [3.63, 3.8) is 0 Å². The fourth-order valence-corrected chi connectivity index (χ4v) is 2.32. The summed E-state index contributed by atoms with van der Waals surface area (Å²) in [6.45, 7) is 1.80. The van der Waals surface area contributed by atoms with Crippen LogP contribution in [0.5, 0.6) is 11.5 Å². The molecule has 132 valence electrons. The van der Waals surface area contributed by atoms with Crippen molar-refractivity contribution in [3.8, 4) is 11.5 Å². The van der Waals surface area contributed by atoms with Crippen LogP contribution in [0.1, 0.15) is 17.3 Å². The number of anilines is 1. The summed E-state index contributed by atoms with van der Waals surface area (Å²) in [4.78, 5) is 24.0. The summed E-state index contributed by atoms with van der Waals surface area (Å²) in [6, 6.07) is 11.7. The summed E-state index contributed by atoms with van der Waals surface area (Å²) in [5.41, 5.74) is 0.784. The van der Waals surface area contributed by atoms with E-state index in [0.29, 0.717) is 23.8 Å². The fraction of sp³-hybridized carbons (Fsp3) is 0.222. The topological polar surface area (TPSA) is 73.9 Å². The van der Waals surface area contributed by atoms with E-state index in [1.807, 2.05) is 13.0 Å². The normalized spacial score (nSPS) is 10.0. The minimum atomic E-state index is -0.688. The van der Waals surface area contributed by atoms with Gasteiger partial charge in [-0.3, -0.25) is 4.79 Å². The Hall–Kier alpha value is -2.73. The van der Waals surface area contributed by atoms with Gasteiger partial charge in [-0.25, -0.2) is 4.79 Å². The van der Waals surface area contributed by atoms with Gasteiger partial charge in [-0.1, -0.05) is 29.8 Å². The fourth-order valence-electron chi connectivity index (χ4n) is 2.06. The van der Waals surface area contributed by atoms with Gasteiger partial charge in [0.2, 0.25) is 0 Å². The largest absolute Gasteiger partial charge is 0.493 e. The molecular formula is C18H18ClNO5. The molecule has 0 bridgehead atoms. The van der Waals surface area contributed by atoms with Gasteiger partial charge >= 0.3 is 5.97 Å². The van der Waals surface area contributed by atoms with Gasteiger partial charge < -0.3 is 19.5 Å². The maximum atomic E-state index is 12.1. The smallest absolute Gasteiger partial charge is 0.338 e. The average Bonchev–Trinajstić information content (AvgIpc) is 2.62. The number of esters is 1. The summed E-state index contributed by atoms with van der Waals surface area (Å²) in [7, 11) is 1.44. The third kappa shape index (κ3) is 5.12. The highest BCUT2D eigenvalue weighted by atomic mass is 35.5. The van der Waals surface area contributed by atoms with E-state index in [2.05, 4.69) is 5.32 Å². The Kier molecular flexibility index (Phi) is 6.65. The first-order valence-electron chi connectivity index (χ1n) is 7.57. The lowest BCUT2D eigenvalue weighted by Gasteiger charge is -2.13. The lowest BCUT2D eigenvalue weighted by atomic mass is 10.2. The zero-order valence-electron chi connectivity index (χ0n) is 13.9. The predicted octanol–water partition coefficient (Wildman–Crippen LogP) is 3.54. The van der Waals surface area contributed by atoms with Crippen molar-refractivity contribution >= 4 is 29.2 Å². The van der Waals surface area contributed by atoms with Crippen molar-refractivity contribution in [1.29, 1.82) is 0 Å². The molecular weight excluding hydrogens is 346 g/mol. The second kappa shape index (κ2) is 8.94. The number of halogens is 1. The third-order valence-electron chi connectivity index (χ3n) is 3.15. The van der Waals surface area contributed by atoms with Crippen molar-refractivity contribution in [3.05, 3.63) is 53.1 Å². The Morgan fingerprint density at radius 3 is 2.52 bits per heavy atom. The molecule has 1 N–H and O–H groups in total. The molecule has 0 heterocycles. The van der Waals surface area contributed by atoms with E-state index in [1.54, 1.807) is 24.3 Å². The molecule has 0 saturated heterocycles. The first-order valence-corrected chi connectivity index (χ1v) is 7.95. The summed E-state index contributed by atoms with van der Waals surface area (Å²) in [6.07, 6.45) is 0. The number of amides is 1. The third-order valence-corrected chi connectivity index (χ3v) is 3.43. The van der Waals surface area contributed by atoms with Crippen molar-refractivity contribution in [2.75, 3.05) is 25.6 Å². The predicted molar refractivity (Wildman–Crippen MR) is 94.5 cm³/mol. The Morgan fingerprint density at radius 1 is 1.16 bits per heavy atom. The molecule has 1 amide bonds. The number of nitrogens with one attached hydrogen (secondary N) is 1. The number of hydrogen-bond acceptors (Lipinski definition) is 5. The van der Waals surface area contributed by atoms with Crippen LogP contribution in [0.15, 0.2) is 42.5 Å². The van der Waals surface area contributed by atoms with Crippen LogP contribution >= 0.6 is 11.6 Å². The van der Waals surface area contributed by atoms with Gasteiger partial charge in [0.25, 0.3) is 5.91 Å². The highest BCUT2D eigenvalue weighted by Crippen LogP contribution is 2.36. The molecule has 0 fully saturated rings. The average molecular weight is 364 g/mol. The van der Waals surface area contributed by atoms with Gasteiger partial charge in [0, 0.05) is 5.69 Å². The molecule has 25 heavy (non-hydrogen) atoms. The SMILES string of the molecule is CCOc1c(Cl)cc(C(=O)OCC(=O)Nc2ccccc2)cc1OC. The van der Waals surface area contributed by atoms with Gasteiger partial charge in [0.1, 0.15) is 0 Å². The molecule has 6 nitrogen and oxygen atoms in total. The number of carbonyl (C=O) groups is 2. The number of para-hydroxylation sites is 1. The lowest BCUT2D eigenvalue weighted by molar-refractivity contribution is -0.119. The summed E-state index contributed by atoms with van der Waals surface area (Å²) < 4.78 is 15.6. The molecule has 0 atom stereocenters. The van der Waals surface area contributed by atoms with Crippen LogP contribution in [-0.2, 0) is 9.53 Å². The summed E-state index contributed by atoms with van der Waals surface area (Å²) in [5.74, 6) is -0.463. The number of ether oxygens (including phenoxy) is 3. The Bertz CT molecular complexity index is 749. The van der Waals surface area contributed by atoms with Crippen molar-refractivity contribution in [2.24, 2.45) is 0 Å². The number of benzene rings is 2. The number of rotatable bonds is 7. The zero-order valence-corrected chi connectivity index (χ0v) is 14.6. The maximum absolute atomic E-state index is 12.1. The summed E-state index contributed by atoms with van der Waals surface area (Å²) in [5, 5.41) is 2.85. The second-order valence-electron chi connectivity index (χ2n) is 4.91. The van der Waals surface area contributed by atoms with Gasteiger partial charge in [-0.2, -0.15) is 0 Å². The van der Waals surface area contributed by atoms with Crippen LogP contribution in [0.25, 0.3) is 0 Å². The van der Waals surface area contributed by atoms with Gasteiger partial charge in [0.15, 0.2) is 18.1 Å². The summed E-state index contributed by atoms with van der Waals surface area (Å²) >= 11 is 6.11. The van der Waals surface area contributed by atoms with E-state index in [9.17, 15) is 9.59 Å². The molecule has 0 aliphatic carbocycles. The molecule has 0 aromatic heterocycles. The first-order chi connectivity index (χ1) is 12.0. The Labute approximate surface area is 150 Å². The molecule has 0 unspecified atom stereocenters. The van der Waals surface area contributed by atoms with Gasteiger partial charge in [0.05, 0.1) is 24.3 Å². The van der Waals surface area contributed by atoms with E-state index in [-0.39, 0.29) is 10.6 Å². The van der Waals surface area contributed by atoms with Crippen molar-refractivity contribution in [1.82, 2.24) is 0 Å². The van der Waals surface area contributed by atoms with E-state index in [1.165, 1.54) is 19.2 Å². The van der Waals surface area contributed by atoms with E-state index < -0.39 is 18.5 Å². The minimum absolute atomic E-state index is 0.165. The molecule has 0 aliphatic rings. The Balaban J connectivity index is 2.00. The van der Waals surface area contributed by atoms with Crippen LogP contribution in [0.2, 0.25) is 5.02 Å². The second-order valence-corrected chi connectivity index (χ2v) is 5.32. The van der Waals surface area contributed by atoms with Crippen LogP contribution < -0.4 is 14.8 Å². The van der Waals surface area contributed by atoms with Gasteiger partial charge in [-0.15, -0.1) is 0 Å². The molecule has 2 aromatic carbocycles. The molecule has 0 spiro atoms. The van der Waals surface area contributed by atoms with E-state index >= 15 is 0 Å². The van der Waals surface area contributed by atoms with Crippen LogP contribution in [0.3, 0.4) is 0 Å². The van der Waals surface area contributed by atoms with E-state index in [0.717, 1.165) is 0 Å². The Morgan fingerprint density at radius 2 is 1.88 bits per heavy atom. The number of methoxy groups -OCH3 is 1. The first kappa shape index (κ1) is 18.6. The maximum Gasteiger partial charge on any atom is 0.338 e. The zero-order chi connectivity index (χ0) is 18.2. The number of hydrogen-bond donors (Lipinski definition) is 1. The molecule has 0 aliphatic heterocycles. The quantitative estimate of drug-likeness (QED) is 0.761. The van der Waals surface area contributed by atoms with Crippen LogP contribution in [-0.4, -0.2) is 32.2 Å². The van der Waals surface area contributed by atoms with Crippen LogP contribution in [0, 0.1) is 0 Å². The molecule has 0 saturated carbocycles. The highest BCUT2D eigenvalue weighted by molar-refractivity contribution is 6.32. The molecule has 0 radical (unpaired) electrons. The monoisotopic (exact) mass is 363 g/mol.